The van der Waals surface area contributed by atoms with E-state index in [4.69, 9.17) is 0 Å². The van der Waals surface area contributed by atoms with Gasteiger partial charge in [0.2, 0.25) is 0 Å². The molecule has 0 aromatic rings. The zero-order valence-corrected chi connectivity index (χ0v) is 9.20. The fourth-order valence-corrected chi connectivity index (χ4v) is 0.790. The van der Waals surface area contributed by atoms with Crippen LogP contribution in [0.5, 0.6) is 0 Å². The fourth-order valence-electron chi connectivity index (χ4n) is 0.790. The molecule has 0 bridgehead atoms. The van der Waals surface area contributed by atoms with Crippen LogP contribution in [-0.2, 0) is 0 Å². The molecule has 0 nitrogen and oxygen atoms in total. The van der Waals surface area contributed by atoms with E-state index in [0.717, 1.165) is 0 Å². The third kappa shape index (κ3) is 3.73. The third-order valence-electron chi connectivity index (χ3n) is 2.00. The minimum absolute atomic E-state index is 1.37. The van der Waals surface area contributed by atoms with Crippen LogP contribution < -0.4 is 0 Å². The highest BCUT2D eigenvalue weighted by atomic mass is 19.4. The summed E-state index contributed by atoms with van der Waals surface area (Å²) in [4.78, 5) is 0. The highest BCUT2D eigenvalue weighted by Gasteiger charge is 2.75. The number of hydrogen-bond acceptors (Lipinski definition) is 0. The van der Waals surface area contributed by atoms with Crippen LogP contribution in [0.15, 0.2) is 11.9 Å². The van der Waals surface area contributed by atoms with Gasteiger partial charge in [0.15, 0.2) is 5.83 Å². The van der Waals surface area contributed by atoms with Gasteiger partial charge in [-0.05, 0) is 6.08 Å². The molecule has 0 radical (unpaired) electrons. The first-order chi connectivity index (χ1) is 8.88. The lowest BCUT2D eigenvalue weighted by atomic mass is 10.1. The number of rotatable bonds is 4. The molecule has 0 rings (SSSR count). The van der Waals surface area contributed by atoms with Crippen molar-refractivity contribution < 1.29 is 57.1 Å². The smallest absolute Gasteiger partial charge is 0.205 e. The number of hydrogen-bond donors (Lipinski definition) is 0. The van der Waals surface area contributed by atoms with Gasteiger partial charge in [0.25, 0.3) is 0 Å². The zero-order valence-electron chi connectivity index (χ0n) is 9.20. The summed E-state index contributed by atoms with van der Waals surface area (Å²) in [6, 6.07) is 0. The van der Waals surface area contributed by atoms with E-state index >= 15 is 0 Å². The van der Waals surface area contributed by atoms with E-state index in [-0.39, 0.29) is 0 Å². The largest absolute Gasteiger partial charge is 0.460 e. The summed E-state index contributed by atoms with van der Waals surface area (Å²) < 4.78 is 156. The number of halogens is 13. The van der Waals surface area contributed by atoms with Gasteiger partial charge in [-0.15, -0.1) is 0 Å². The fraction of sp³-hybridized carbons (Fsp3) is 0.750. The van der Waals surface area contributed by atoms with Crippen LogP contribution >= 0.6 is 0 Å². The molecule has 13 heteroatoms. The quantitative estimate of drug-likeness (QED) is 0.609. The van der Waals surface area contributed by atoms with Gasteiger partial charge in [0.1, 0.15) is 0 Å². The summed E-state index contributed by atoms with van der Waals surface area (Å²) >= 11 is 0. The third-order valence-corrected chi connectivity index (χ3v) is 2.00. The van der Waals surface area contributed by atoms with Gasteiger partial charge in [-0.25, -0.2) is 4.39 Å². The van der Waals surface area contributed by atoms with E-state index in [2.05, 4.69) is 0 Å². The zero-order chi connectivity index (χ0) is 17.5. The topological polar surface area (TPSA) is 0 Å². The molecule has 0 aliphatic rings. The van der Waals surface area contributed by atoms with E-state index in [1.54, 1.807) is 0 Å². The van der Waals surface area contributed by atoms with Gasteiger partial charge in [0.05, 0.1) is 0 Å². The maximum atomic E-state index is 12.6. The van der Waals surface area contributed by atoms with E-state index in [9.17, 15) is 57.1 Å². The average molecular weight is 346 g/mol. The Morgan fingerprint density at radius 2 is 1.05 bits per heavy atom. The van der Waals surface area contributed by atoms with Crippen LogP contribution in [0.4, 0.5) is 57.1 Å². The molecule has 0 heterocycles. The Bertz CT molecular complexity index is 395. The van der Waals surface area contributed by atoms with E-state index < -0.39 is 48.4 Å². The van der Waals surface area contributed by atoms with Crippen molar-refractivity contribution in [3.63, 3.8) is 0 Å². The van der Waals surface area contributed by atoms with Crippen LogP contribution in [0.2, 0.25) is 0 Å². The second kappa shape index (κ2) is 5.23. The summed E-state index contributed by atoms with van der Waals surface area (Å²) in [5.74, 6) is -23.2. The number of allylic oxidation sites excluding steroid dienone is 2. The van der Waals surface area contributed by atoms with Crippen LogP contribution in [0.3, 0.4) is 0 Å². The Labute approximate surface area is 107 Å². The lowest BCUT2D eigenvalue weighted by molar-refractivity contribution is -0.347. The van der Waals surface area contributed by atoms with Crippen molar-refractivity contribution in [3.8, 4) is 0 Å². The van der Waals surface area contributed by atoms with Crippen molar-refractivity contribution in [1.82, 2.24) is 0 Å². The molecule has 0 spiro atoms. The summed E-state index contributed by atoms with van der Waals surface area (Å²) in [5.41, 5.74) is 0. The summed E-state index contributed by atoms with van der Waals surface area (Å²) in [7, 11) is 0. The van der Waals surface area contributed by atoms with Gasteiger partial charge in [-0.2, -0.15) is 52.7 Å². The van der Waals surface area contributed by atoms with Crippen molar-refractivity contribution in [3.05, 3.63) is 11.9 Å². The maximum absolute atomic E-state index is 12.6. The maximum Gasteiger partial charge on any atom is 0.460 e. The van der Waals surface area contributed by atoms with Crippen LogP contribution in [0.1, 0.15) is 6.42 Å². The Morgan fingerprint density at radius 1 is 0.667 bits per heavy atom. The van der Waals surface area contributed by atoms with Gasteiger partial charge in [-0.3, -0.25) is 0 Å². The van der Waals surface area contributed by atoms with Gasteiger partial charge < -0.3 is 0 Å². The first-order valence-electron chi connectivity index (χ1n) is 4.51. The Balaban J connectivity index is 5.44. The van der Waals surface area contributed by atoms with Crippen molar-refractivity contribution in [1.29, 1.82) is 0 Å². The van der Waals surface area contributed by atoms with Crippen molar-refractivity contribution in [2.24, 2.45) is 0 Å². The molecule has 0 aliphatic carbocycles. The predicted octanol–water partition coefficient (Wildman–Crippen LogP) is 5.26. The average Bonchev–Trinajstić information content (AvgIpc) is 2.22. The summed E-state index contributed by atoms with van der Waals surface area (Å²) in [5, 5.41) is 0. The molecule has 0 aromatic carbocycles. The molecule has 0 atom stereocenters. The Kier molecular flexibility index (Phi) is 4.94. The molecule has 0 amide bonds. The highest BCUT2D eigenvalue weighted by molar-refractivity contribution is 5.13. The highest BCUT2D eigenvalue weighted by Crippen LogP contribution is 2.50. The molecule has 126 valence electrons. The molecular weight excluding hydrogens is 343 g/mol. The van der Waals surface area contributed by atoms with Crippen molar-refractivity contribution in [2.75, 3.05) is 0 Å². The molecule has 0 aromatic heterocycles. The summed E-state index contributed by atoms with van der Waals surface area (Å²) in [6.07, 6.45) is -17.5. The molecule has 0 saturated heterocycles. The second-order valence-corrected chi connectivity index (χ2v) is 3.60. The van der Waals surface area contributed by atoms with Gasteiger partial charge >= 0.3 is 30.1 Å². The molecular formula is C8H3F13. The minimum Gasteiger partial charge on any atom is -0.205 e. The second-order valence-electron chi connectivity index (χ2n) is 3.60. The first kappa shape index (κ1) is 19.8. The molecule has 0 saturated carbocycles. The van der Waals surface area contributed by atoms with Crippen LogP contribution in [0.25, 0.3) is 0 Å². The molecule has 0 N–H and O–H groups in total. The minimum atomic E-state index is -6.99. The molecule has 0 aliphatic heterocycles. The lowest BCUT2D eigenvalue weighted by Gasteiger charge is -2.27. The number of alkyl halides is 12. The van der Waals surface area contributed by atoms with Gasteiger partial charge in [0, 0.05) is 6.42 Å². The SMILES string of the molecule is FC(=CCC(F)(F)C(F)(F)F)C(F)(F)C(F)(F)C(F)(F)F. The van der Waals surface area contributed by atoms with E-state index in [1.165, 1.54) is 0 Å². The van der Waals surface area contributed by atoms with E-state index in [0.29, 0.717) is 0 Å². The standard InChI is InChI=1S/C8H3F13/c9-3(1-2-4(10,11)7(16,17)18)5(12,13)6(14,15)8(19,20)21/h1H,2H2. The summed E-state index contributed by atoms with van der Waals surface area (Å²) in [6.45, 7) is 0. The van der Waals surface area contributed by atoms with Gasteiger partial charge in [-0.1, -0.05) is 0 Å². The van der Waals surface area contributed by atoms with Crippen molar-refractivity contribution >= 4 is 0 Å². The molecule has 21 heavy (non-hydrogen) atoms. The van der Waals surface area contributed by atoms with Crippen molar-refractivity contribution in [2.45, 2.75) is 36.5 Å². The first-order valence-corrected chi connectivity index (χ1v) is 4.51. The monoisotopic (exact) mass is 346 g/mol. The normalized spacial score (nSPS) is 16.3. The Morgan fingerprint density at radius 3 is 1.33 bits per heavy atom. The molecule has 0 unspecified atom stereocenters. The Hall–Kier alpha value is -1.17. The lowest BCUT2D eigenvalue weighted by Crippen LogP contribution is -2.52. The van der Waals surface area contributed by atoms with Crippen LogP contribution in [-0.4, -0.2) is 30.1 Å². The van der Waals surface area contributed by atoms with Crippen LogP contribution in [0, 0.1) is 0 Å². The predicted molar refractivity (Wildman–Crippen MR) is 40.8 cm³/mol. The van der Waals surface area contributed by atoms with E-state index in [1.807, 2.05) is 0 Å². The molecule has 0 fully saturated rings.